The molecule has 2 atom stereocenters. The SMILES string of the molecule is CCNc1cc(C)ccc1C(=O)N1C2CCC1CC(O)C2. The first-order valence-corrected chi connectivity index (χ1v) is 7.95. The Balaban J connectivity index is 1.89. The molecule has 2 aliphatic rings. The molecule has 0 aliphatic carbocycles. The van der Waals surface area contributed by atoms with Crippen LogP contribution in [0.25, 0.3) is 0 Å². The van der Waals surface area contributed by atoms with Crippen LogP contribution in [0.3, 0.4) is 0 Å². The first-order valence-electron chi connectivity index (χ1n) is 7.95. The van der Waals surface area contributed by atoms with Crippen molar-refractivity contribution in [1.29, 1.82) is 0 Å². The number of fused-ring (bicyclic) bond motifs is 2. The van der Waals surface area contributed by atoms with Gasteiger partial charge >= 0.3 is 0 Å². The standard InChI is InChI=1S/C17H24N2O2/c1-3-18-16-8-11(2)4-7-15(16)17(21)19-12-5-6-13(19)10-14(20)9-12/h4,7-8,12-14,18,20H,3,5-6,9-10H2,1-2H3. The summed E-state index contributed by atoms with van der Waals surface area (Å²) in [5, 5.41) is 13.2. The van der Waals surface area contributed by atoms with Gasteiger partial charge in [-0.1, -0.05) is 6.07 Å². The Labute approximate surface area is 126 Å². The number of nitrogens with one attached hydrogen (secondary N) is 1. The number of carbonyl (C=O) groups is 1. The number of aliphatic hydroxyl groups excluding tert-OH is 1. The van der Waals surface area contributed by atoms with Gasteiger partial charge in [0.05, 0.1) is 11.7 Å². The minimum absolute atomic E-state index is 0.116. The van der Waals surface area contributed by atoms with E-state index in [4.69, 9.17) is 0 Å². The third kappa shape index (κ3) is 2.64. The van der Waals surface area contributed by atoms with Crippen LogP contribution in [-0.4, -0.2) is 40.6 Å². The van der Waals surface area contributed by atoms with Gasteiger partial charge in [0.25, 0.3) is 5.91 Å². The molecule has 2 N–H and O–H groups in total. The van der Waals surface area contributed by atoms with Crippen LogP contribution < -0.4 is 5.32 Å². The zero-order chi connectivity index (χ0) is 15.0. The van der Waals surface area contributed by atoms with Gasteiger partial charge in [-0.15, -0.1) is 0 Å². The summed E-state index contributed by atoms with van der Waals surface area (Å²) >= 11 is 0. The van der Waals surface area contributed by atoms with Crippen molar-refractivity contribution in [3.8, 4) is 0 Å². The minimum atomic E-state index is -0.238. The van der Waals surface area contributed by atoms with Crippen LogP contribution in [0.2, 0.25) is 0 Å². The molecule has 2 bridgehead atoms. The quantitative estimate of drug-likeness (QED) is 0.898. The number of carbonyl (C=O) groups excluding carboxylic acids is 1. The van der Waals surface area contributed by atoms with Crippen molar-refractivity contribution >= 4 is 11.6 Å². The molecule has 3 rings (SSSR count). The molecule has 2 unspecified atom stereocenters. The van der Waals surface area contributed by atoms with Crippen molar-refractivity contribution in [2.45, 2.75) is 57.7 Å². The van der Waals surface area contributed by atoms with E-state index in [-0.39, 0.29) is 24.1 Å². The molecular formula is C17H24N2O2. The summed E-state index contributed by atoms with van der Waals surface area (Å²) in [4.78, 5) is 15.0. The topological polar surface area (TPSA) is 52.6 Å². The summed E-state index contributed by atoms with van der Waals surface area (Å²) in [6.45, 7) is 4.88. The summed E-state index contributed by atoms with van der Waals surface area (Å²) < 4.78 is 0. The first-order chi connectivity index (χ1) is 10.1. The van der Waals surface area contributed by atoms with Crippen LogP contribution in [0, 0.1) is 6.92 Å². The Morgan fingerprint density at radius 2 is 2.00 bits per heavy atom. The molecule has 4 nitrogen and oxygen atoms in total. The van der Waals surface area contributed by atoms with Crippen LogP contribution in [0.5, 0.6) is 0 Å². The molecule has 0 radical (unpaired) electrons. The second-order valence-electron chi connectivity index (χ2n) is 6.30. The van der Waals surface area contributed by atoms with E-state index in [0.29, 0.717) is 0 Å². The highest BCUT2D eigenvalue weighted by Crippen LogP contribution is 2.37. The summed E-state index contributed by atoms with van der Waals surface area (Å²) in [7, 11) is 0. The first kappa shape index (κ1) is 14.4. The van der Waals surface area contributed by atoms with Gasteiger partial charge in [-0.05, 0) is 57.2 Å². The second-order valence-corrected chi connectivity index (χ2v) is 6.30. The molecule has 1 aromatic rings. The molecule has 21 heavy (non-hydrogen) atoms. The van der Waals surface area contributed by atoms with Crippen LogP contribution in [0.1, 0.15) is 48.5 Å². The predicted octanol–water partition coefficient (Wildman–Crippen LogP) is 2.55. The lowest BCUT2D eigenvalue weighted by molar-refractivity contribution is 0.0287. The zero-order valence-corrected chi connectivity index (χ0v) is 12.8. The fourth-order valence-corrected chi connectivity index (χ4v) is 3.80. The van der Waals surface area contributed by atoms with E-state index in [0.717, 1.165) is 49.0 Å². The van der Waals surface area contributed by atoms with E-state index < -0.39 is 0 Å². The van der Waals surface area contributed by atoms with Gasteiger partial charge in [0.15, 0.2) is 0 Å². The van der Waals surface area contributed by atoms with E-state index >= 15 is 0 Å². The monoisotopic (exact) mass is 288 g/mol. The van der Waals surface area contributed by atoms with Gasteiger partial charge in [-0.3, -0.25) is 4.79 Å². The maximum absolute atomic E-state index is 13.0. The summed E-state index contributed by atoms with van der Waals surface area (Å²) in [6.07, 6.45) is 3.26. The Hall–Kier alpha value is -1.55. The molecule has 0 saturated carbocycles. The molecule has 114 valence electrons. The summed E-state index contributed by atoms with van der Waals surface area (Å²) in [5.41, 5.74) is 2.84. The van der Waals surface area contributed by atoms with Crippen molar-refractivity contribution in [3.63, 3.8) is 0 Å². The van der Waals surface area contributed by atoms with Crippen LogP contribution in [0.15, 0.2) is 18.2 Å². The van der Waals surface area contributed by atoms with Gasteiger partial charge in [0.2, 0.25) is 0 Å². The Bertz CT molecular complexity index is 530. The fourth-order valence-electron chi connectivity index (χ4n) is 3.80. The number of aryl methyl sites for hydroxylation is 1. The highest BCUT2D eigenvalue weighted by molar-refractivity contribution is 6.00. The molecule has 2 saturated heterocycles. The van der Waals surface area contributed by atoms with Gasteiger partial charge in [0.1, 0.15) is 0 Å². The number of amides is 1. The summed E-state index contributed by atoms with van der Waals surface area (Å²) in [5.74, 6) is 0.116. The molecule has 1 aromatic carbocycles. The minimum Gasteiger partial charge on any atom is -0.393 e. The molecule has 0 aromatic heterocycles. The number of aliphatic hydroxyl groups is 1. The maximum Gasteiger partial charge on any atom is 0.256 e. The van der Waals surface area contributed by atoms with Crippen molar-refractivity contribution < 1.29 is 9.90 Å². The third-order valence-electron chi connectivity index (χ3n) is 4.72. The largest absolute Gasteiger partial charge is 0.393 e. The number of hydrogen-bond acceptors (Lipinski definition) is 3. The molecule has 1 amide bonds. The molecule has 2 heterocycles. The lowest BCUT2D eigenvalue weighted by Crippen LogP contribution is -2.48. The lowest BCUT2D eigenvalue weighted by atomic mass is 9.98. The number of hydrogen-bond donors (Lipinski definition) is 2. The number of anilines is 1. The van der Waals surface area contributed by atoms with E-state index in [2.05, 4.69) is 5.32 Å². The number of nitrogens with zero attached hydrogens (tertiary/aromatic N) is 1. The van der Waals surface area contributed by atoms with E-state index in [1.807, 2.05) is 36.9 Å². The van der Waals surface area contributed by atoms with Gasteiger partial charge in [-0.25, -0.2) is 0 Å². The third-order valence-corrected chi connectivity index (χ3v) is 4.72. The van der Waals surface area contributed by atoms with Crippen molar-refractivity contribution in [1.82, 2.24) is 4.90 Å². The molecular weight excluding hydrogens is 264 g/mol. The number of piperidine rings is 1. The average Bonchev–Trinajstić information content (AvgIpc) is 2.71. The highest BCUT2D eigenvalue weighted by atomic mass is 16.3. The zero-order valence-electron chi connectivity index (χ0n) is 12.8. The maximum atomic E-state index is 13.0. The normalized spacial score (nSPS) is 27.8. The number of benzene rings is 1. The van der Waals surface area contributed by atoms with E-state index in [9.17, 15) is 9.90 Å². The molecule has 2 aliphatic heterocycles. The lowest BCUT2D eigenvalue weighted by Gasteiger charge is -2.37. The van der Waals surface area contributed by atoms with Crippen molar-refractivity contribution in [2.75, 3.05) is 11.9 Å². The molecule has 0 spiro atoms. The van der Waals surface area contributed by atoms with Gasteiger partial charge in [-0.2, -0.15) is 0 Å². The number of rotatable bonds is 3. The second kappa shape index (κ2) is 5.68. The highest BCUT2D eigenvalue weighted by Gasteiger charge is 2.43. The predicted molar refractivity (Wildman–Crippen MR) is 83.6 cm³/mol. The molecule has 4 heteroatoms. The van der Waals surface area contributed by atoms with E-state index in [1.165, 1.54) is 0 Å². The van der Waals surface area contributed by atoms with Crippen molar-refractivity contribution in [2.24, 2.45) is 0 Å². The van der Waals surface area contributed by atoms with Gasteiger partial charge < -0.3 is 15.3 Å². The average molecular weight is 288 g/mol. The van der Waals surface area contributed by atoms with Crippen LogP contribution >= 0.6 is 0 Å². The van der Waals surface area contributed by atoms with Crippen LogP contribution in [-0.2, 0) is 0 Å². The fraction of sp³-hybridized carbons (Fsp3) is 0.588. The Kier molecular flexibility index (Phi) is 3.89. The van der Waals surface area contributed by atoms with Crippen LogP contribution in [0.4, 0.5) is 5.69 Å². The van der Waals surface area contributed by atoms with E-state index in [1.54, 1.807) is 0 Å². The van der Waals surface area contributed by atoms with Crippen molar-refractivity contribution in [3.05, 3.63) is 29.3 Å². The Morgan fingerprint density at radius 3 is 2.62 bits per heavy atom. The Morgan fingerprint density at radius 1 is 1.33 bits per heavy atom. The smallest absolute Gasteiger partial charge is 0.256 e. The summed E-state index contributed by atoms with van der Waals surface area (Å²) in [6, 6.07) is 6.39. The molecule has 2 fully saturated rings. The van der Waals surface area contributed by atoms with Gasteiger partial charge in [0, 0.05) is 24.3 Å².